The Morgan fingerprint density at radius 3 is 2.60 bits per heavy atom. The minimum Gasteiger partial charge on any atom is -0.310 e. The zero-order valence-electron chi connectivity index (χ0n) is 13.8. The van der Waals surface area contributed by atoms with Crippen LogP contribution in [0.3, 0.4) is 0 Å². The zero-order valence-corrected chi connectivity index (χ0v) is 14.6. The lowest BCUT2D eigenvalue weighted by atomic mass is 10.2. The predicted molar refractivity (Wildman–Crippen MR) is 94.1 cm³/mol. The molecule has 25 heavy (non-hydrogen) atoms. The van der Waals surface area contributed by atoms with E-state index in [1.54, 1.807) is 4.90 Å². The van der Waals surface area contributed by atoms with Gasteiger partial charge in [-0.3, -0.25) is 4.79 Å². The number of para-hydroxylation sites is 1. The molecule has 0 bridgehead atoms. The van der Waals surface area contributed by atoms with Crippen LogP contribution >= 0.6 is 0 Å². The predicted octanol–water partition coefficient (Wildman–Crippen LogP) is 2.22. The summed E-state index contributed by atoms with van der Waals surface area (Å²) >= 11 is 0. The molecule has 2 aromatic rings. The molecule has 0 radical (unpaired) electrons. The minimum absolute atomic E-state index is 0.285. The second kappa shape index (κ2) is 6.93. The van der Waals surface area contributed by atoms with E-state index < -0.39 is 21.9 Å². The maximum absolute atomic E-state index is 12.9. The van der Waals surface area contributed by atoms with E-state index in [-0.39, 0.29) is 11.7 Å². The summed E-state index contributed by atoms with van der Waals surface area (Å²) in [4.78, 5) is 14.2. The minimum atomic E-state index is -3.72. The quantitative estimate of drug-likeness (QED) is 0.887. The van der Waals surface area contributed by atoms with E-state index in [9.17, 15) is 17.6 Å². The van der Waals surface area contributed by atoms with Gasteiger partial charge in [0.05, 0.1) is 11.8 Å². The summed E-state index contributed by atoms with van der Waals surface area (Å²) in [5, 5.41) is 0. The van der Waals surface area contributed by atoms with Gasteiger partial charge in [0.15, 0.2) is 0 Å². The lowest BCUT2D eigenvalue weighted by Gasteiger charge is -2.22. The first kappa shape index (κ1) is 17.6. The number of anilines is 1. The number of nitrogens with one attached hydrogen (secondary N) is 1. The molecule has 1 amide bonds. The third-order valence-corrected chi connectivity index (χ3v) is 5.58. The SMILES string of the molecule is C[C@H](NS(=O)(=O)Cc1ccc(F)cc1)C(=O)N1CCc2ccccc21. The third-order valence-electron chi connectivity index (χ3n) is 4.15. The Balaban J connectivity index is 1.68. The summed E-state index contributed by atoms with van der Waals surface area (Å²) in [6.45, 7) is 2.08. The Hall–Kier alpha value is -2.25. The summed E-state index contributed by atoms with van der Waals surface area (Å²) < 4.78 is 39.9. The Kier molecular flexibility index (Phi) is 4.87. The molecule has 7 heteroatoms. The van der Waals surface area contributed by atoms with Gasteiger partial charge in [-0.1, -0.05) is 30.3 Å². The standard InChI is InChI=1S/C18H19FN2O3S/c1-13(18(22)21-11-10-15-4-2-3-5-17(15)21)20-25(23,24)12-14-6-8-16(19)9-7-14/h2-9,13,20H,10-12H2,1H3/t13-/m0/s1. The van der Waals surface area contributed by atoms with Crippen molar-refractivity contribution >= 4 is 21.6 Å². The average molecular weight is 362 g/mol. The molecule has 0 fully saturated rings. The number of benzene rings is 2. The fourth-order valence-corrected chi connectivity index (χ4v) is 4.32. The van der Waals surface area contributed by atoms with Crippen molar-refractivity contribution in [1.82, 2.24) is 4.72 Å². The highest BCUT2D eigenvalue weighted by molar-refractivity contribution is 7.88. The number of rotatable bonds is 5. The van der Waals surface area contributed by atoms with E-state index in [1.165, 1.54) is 31.2 Å². The van der Waals surface area contributed by atoms with Crippen molar-refractivity contribution in [2.45, 2.75) is 25.1 Å². The van der Waals surface area contributed by atoms with Crippen LogP contribution in [0.1, 0.15) is 18.1 Å². The molecule has 1 atom stereocenters. The molecule has 2 aromatic carbocycles. The summed E-state index contributed by atoms with van der Waals surface area (Å²) in [7, 11) is -3.72. The normalized spacial score (nSPS) is 15.0. The van der Waals surface area contributed by atoms with Gasteiger partial charge in [-0.25, -0.2) is 17.5 Å². The molecule has 0 aliphatic carbocycles. The second-order valence-corrected chi connectivity index (χ2v) is 7.85. The maximum Gasteiger partial charge on any atom is 0.244 e. The van der Waals surface area contributed by atoms with Crippen LogP contribution < -0.4 is 9.62 Å². The third kappa shape index (κ3) is 4.05. The molecule has 3 rings (SSSR count). The Bertz CT molecular complexity index is 881. The van der Waals surface area contributed by atoms with Crippen LogP contribution in [0, 0.1) is 5.82 Å². The smallest absolute Gasteiger partial charge is 0.244 e. The highest BCUT2D eigenvalue weighted by Crippen LogP contribution is 2.27. The van der Waals surface area contributed by atoms with Crippen molar-refractivity contribution in [3.8, 4) is 0 Å². The number of fused-ring (bicyclic) bond motifs is 1. The molecule has 0 saturated heterocycles. The first-order valence-corrected chi connectivity index (χ1v) is 9.65. The van der Waals surface area contributed by atoms with Crippen LogP contribution in [-0.2, 0) is 27.0 Å². The van der Waals surface area contributed by atoms with E-state index in [2.05, 4.69) is 4.72 Å². The average Bonchev–Trinajstić information content (AvgIpc) is 2.99. The van der Waals surface area contributed by atoms with E-state index in [4.69, 9.17) is 0 Å². The van der Waals surface area contributed by atoms with Crippen molar-refractivity contribution < 1.29 is 17.6 Å². The van der Waals surface area contributed by atoms with Gasteiger partial charge >= 0.3 is 0 Å². The van der Waals surface area contributed by atoms with Crippen LogP contribution in [0.2, 0.25) is 0 Å². The van der Waals surface area contributed by atoms with Crippen molar-refractivity contribution in [3.05, 3.63) is 65.5 Å². The number of halogens is 1. The largest absolute Gasteiger partial charge is 0.310 e. The monoisotopic (exact) mass is 362 g/mol. The summed E-state index contributed by atoms with van der Waals surface area (Å²) in [6, 6.07) is 12.0. The van der Waals surface area contributed by atoms with E-state index >= 15 is 0 Å². The van der Waals surface area contributed by atoms with Gasteiger partial charge in [-0.05, 0) is 42.7 Å². The first-order chi connectivity index (χ1) is 11.9. The molecular formula is C18H19FN2O3S. The highest BCUT2D eigenvalue weighted by atomic mass is 32.2. The second-order valence-electron chi connectivity index (χ2n) is 6.09. The highest BCUT2D eigenvalue weighted by Gasteiger charge is 2.29. The van der Waals surface area contributed by atoms with Crippen molar-refractivity contribution in [3.63, 3.8) is 0 Å². The van der Waals surface area contributed by atoms with Crippen molar-refractivity contribution in [1.29, 1.82) is 0 Å². The lowest BCUT2D eigenvalue weighted by molar-refractivity contribution is -0.119. The van der Waals surface area contributed by atoms with Gasteiger partial charge in [-0.15, -0.1) is 0 Å². The maximum atomic E-state index is 12.9. The molecule has 132 valence electrons. The van der Waals surface area contributed by atoms with Gasteiger partial charge in [0.2, 0.25) is 15.9 Å². The molecule has 1 aliphatic rings. The van der Waals surface area contributed by atoms with Crippen LogP contribution in [0.4, 0.5) is 10.1 Å². The summed E-state index contributed by atoms with van der Waals surface area (Å²) in [6.07, 6.45) is 0.761. The molecule has 0 unspecified atom stereocenters. The first-order valence-electron chi connectivity index (χ1n) is 7.99. The van der Waals surface area contributed by atoms with Crippen LogP contribution in [0.15, 0.2) is 48.5 Å². The Morgan fingerprint density at radius 1 is 1.20 bits per heavy atom. The molecule has 1 heterocycles. The molecular weight excluding hydrogens is 343 g/mol. The molecule has 0 aromatic heterocycles. The topological polar surface area (TPSA) is 66.5 Å². The number of carbonyl (C=O) groups is 1. The molecule has 0 saturated carbocycles. The van der Waals surface area contributed by atoms with Gasteiger partial charge in [0.1, 0.15) is 5.82 Å². The number of nitrogens with zero attached hydrogens (tertiary/aromatic N) is 1. The summed E-state index contributed by atoms with van der Waals surface area (Å²) in [5.74, 6) is -1.01. The zero-order chi connectivity index (χ0) is 18.0. The lowest BCUT2D eigenvalue weighted by Crippen LogP contribution is -2.46. The van der Waals surface area contributed by atoms with Gasteiger partial charge < -0.3 is 4.90 Å². The van der Waals surface area contributed by atoms with Crippen LogP contribution in [0.5, 0.6) is 0 Å². The van der Waals surface area contributed by atoms with Gasteiger partial charge in [-0.2, -0.15) is 0 Å². The van der Waals surface area contributed by atoms with Crippen molar-refractivity contribution in [2.75, 3.05) is 11.4 Å². The van der Waals surface area contributed by atoms with Crippen LogP contribution in [0.25, 0.3) is 0 Å². The molecule has 1 aliphatic heterocycles. The van der Waals surface area contributed by atoms with Crippen molar-refractivity contribution in [2.24, 2.45) is 0 Å². The summed E-state index contributed by atoms with van der Waals surface area (Å²) in [5.41, 5.74) is 2.37. The number of amides is 1. The van der Waals surface area contributed by atoms with E-state index in [1.807, 2.05) is 24.3 Å². The molecule has 1 N–H and O–H groups in total. The number of sulfonamides is 1. The van der Waals surface area contributed by atoms with Gasteiger partial charge in [0, 0.05) is 12.2 Å². The molecule has 5 nitrogen and oxygen atoms in total. The fourth-order valence-electron chi connectivity index (χ4n) is 2.96. The van der Waals surface area contributed by atoms with E-state index in [0.717, 1.165) is 17.7 Å². The Morgan fingerprint density at radius 2 is 1.88 bits per heavy atom. The molecule has 0 spiro atoms. The number of hydrogen-bond donors (Lipinski definition) is 1. The van der Waals surface area contributed by atoms with Gasteiger partial charge in [0.25, 0.3) is 0 Å². The van der Waals surface area contributed by atoms with Crippen LogP contribution in [-0.4, -0.2) is 26.9 Å². The number of carbonyl (C=O) groups excluding carboxylic acids is 1. The Labute approximate surface area is 146 Å². The number of hydrogen-bond acceptors (Lipinski definition) is 3. The fraction of sp³-hybridized carbons (Fsp3) is 0.278. The van der Waals surface area contributed by atoms with E-state index in [0.29, 0.717) is 12.1 Å².